The third-order valence-electron chi connectivity index (χ3n) is 4.63. The lowest BCUT2D eigenvalue weighted by Crippen LogP contribution is -2.39. The molecule has 1 aromatic carbocycles. The second kappa shape index (κ2) is 5.91. The Hall–Kier alpha value is -1.98. The molecule has 2 aliphatic carbocycles. The van der Waals surface area contributed by atoms with Crippen molar-refractivity contribution in [2.24, 2.45) is 11.8 Å². The molecule has 3 rings (SSSR count). The highest BCUT2D eigenvalue weighted by atomic mass is 19.1. The number of hydrogen-bond donors (Lipinski definition) is 1. The first-order chi connectivity index (χ1) is 10.9. The lowest BCUT2D eigenvalue weighted by Gasteiger charge is -2.24. The number of benzene rings is 1. The quantitative estimate of drug-likeness (QED) is 0.876. The van der Waals surface area contributed by atoms with Gasteiger partial charge in [-0.3, -0.25) is 9.59 Å². The molecule has 0 aromatic heterocycles. The highest BCUT2D eigenvalue weighted by molar-refractivity contribution is 5.84. The Kier molecular flexibility index (Phi) is 4.08. The molecule has 1 N–H and O–H groups in total. The maximum Gasteiger partial charge on any atom is 0.308 e. The summed E-state index contributed by atoms with van der Waals surface area (Å²) in [7, 11) is 0. The summed E-state index contributed by atoms with van der Waals surface area (Å²) in [5.41, 5.74) is 0.367. The molecule has 124 valence electrons. The van der Waals surface area contributed by atoms with Crippen LogP contribution >= 0.6 is 0 Å². The second-order valence-electron chi connectivity index (χ2n) is 6.58. The molecule has 0 spiro atoms. The second-order valence-corrected chi connectivity index (χ2v) is 6.58. The predicted octanol–water partition coefficient (Wildman–Crippen LogP) is 2.78. The van der Waals surface area contributed by atoms with Crippen LogP contribution in [-0.4, -0.2) is 34.5 Å². The van der Waals surface area contributed by atoms with Gasteiger partial charge in [-0.25, -0.2) is 8.78 Å². The van der Waals surface area contributed by atoms with Gasteiger partial charge >= 0.3 is 5.97 Å². The number of hydrogen-bond acceptors (Lipinski definition) is 2. The van der Waals surface area contributed by atoms with Crippen molar-refractivity contribution in [1.29, 1.82) is 0 Å². The summed E-state index contributed by atoms with van der Waals surface area (Å²) in [6.07, 6.45) is 2.31. The zero-order valence-electron chi connectivity index (χ0n) is 12.8. The number of rotatable bonds is 6. The van der Waals surface area contributed by atoms with E-state index in [1.165, 1.54) is 12.1 Å². The molecule has 0 unspecified atom stereocenters. The van der Waals surface area contributed by atoms with Gasteiger partial charge in [0.15, 0.2) is 0 Å². The van der Waals surface area contributed by atoms with Crippen LogP contribution in [0, 0.1) is 23.5 Å². The van der Waals surface area contributed by atoms with E-state index in [1.54, 1.807) is 11.8 Å². The SMILES string of the molecule is C[C@H](CN(C(=O)[C@@H]1C[C@@H]1c1ccc(F)cc1F)C1CC1)C(=O)O. The van der Waals surface area contributed by atoms with Gasteiger partial charge < -0.3 is 10.0 Å². The maximum absolute atomic E-state index is 13.8. The van der Waals surface area contributed by atoms with Gasteiger partial charge in [-0.05, 0) is 36.8 Å². The van der Waals surface area contributed by atoms with Gasteiger partial charge in [0.05, 0.1) is 5.92 Å². The summed E-state index contributed by atoms with van der Waals surface area (Å²) in [5.74, 6) is -3.47. The molecule has 2 saturated carbocycles. The summed E-state index contributed by atoms with van der Waals surface area (Å²) in [4.78, 5) is 25.3. The van der Waals surface area contributed by atoms with Gasteiger partial charge in [-0.1, -0.05) is 13.0 Å². The molecule has 1 amide bonds. The molecule has 4 nitrogen and oxygen atoms in total. The summed E-state index contributed by atoms with van der Waals surface area (Å²) in [6, 6.07) is 3.54. The number of nitrogens with zero attached hydrogens (tertiary/aromatic N) is 1. The van der Waals surface area contributed by atoms with Gasteiger partial charge in [0.25, 0.3) is 0 Å². The third-order valence-corrected chi connectivity index (χ3v) is 4.63. The Morgan fingerprint density at radius 2 is 2.04 bits per heavy atom. The van der Waals surface area contributed by atoms with Gasteiger partial charge in [0, 0.05) is 24.6 Å². The van der Waals surface area contributed by atoms with E-state index >= 15 is 0 Å². The van der Waals surface area contributed by atoms with Gasteiger partial charge in [-0.2, -0.15) is 0 Å². The van der Waals surface area contributed by atoms with E-state index in [2.05, 4.69) is 0 Å². The fraction of sp³-hybridized carbons (Fsp3) is 0.529. The molecule has 2 fully saturated rings. The summed E-state index contributed by atoms with van der Waals surface area (Å²) < 4.78 is 26.8. The fourth-order valence-electron chi connectivity index (χ4n) is 3.01. The molecule has 0 aliphatic heterocycles. The van der Waals surface area contributed by atoms with Crippen LogP contribution in [0.4, 0.5) is 8.78 Å². The van der Waals surface area contributed by atoms with Crippen LogP contribution in [0.3, 0.4) is 0 Å². The lowest BCUT2D eigenvalue weighted by atomic mass is 10.1. The molecule has 0 saturated heterocycles. The first-order valence-corrected chi connectivity index (χ1v) is 7.86. The Bertz CT molecular complexity index is 645. The number of carboxylic acid groups (broad SMARTS) is 1. The average Bonchev–Trinajstić information content (AvgIpc) is 3.35. The predicted molar refractivity (Wildman–Crippen MR) is 78.7 cm³/mol. The molecule has 6 heteroatoms. The minimum absolute atomic E-state index is 0.102. The smallest absolute Gasteiger partial charge is 0.308 e. The summed E-state index contributed by atoms with van der Waals surface area (Å²) in [5, 5.41) is 9.04. The number of amides is 1. The van der Waals surface area contributed by atoms with Crippen LogP contribution in [0.15, 0.2) is 18.2 Å². The van der Waals surface area contributed by atoms with E-state index < -0.39 is 23.5 Å². The number of carbonyl (C=O) groups is 2. The Morgan fingerprint density at radius 3 is 2.61 bits per heavy atom. The van der Waals surface area contributed by atoms with E-state index in [0.29, 0.717) is 12.0 Å². The Labute approximate surface area is 133 Å². The van der Waals surface area contributed by atoms with Gasteiger partial charge in [-0.15, -0.1) is 0 Å². The number of carboxylic acids is 1. The monoisotopic (exact) mass is 323 g/mol. The number of aliphatic carboxylic acids is 1. The van der Waals surface area contributed by atoms with Crippen LogP contribution in [0.5, 0.6) is 0 Å². The van der Waals surface area contributed by atoms with Gasteiger partial charge in [0.2, 0.25) is 5.91 Å². The first kappa shape index (κ1) is 15.9. The number of halogens is 2. The summed E-state index contributed by atoms with van der Waals surface area (Å²) >= 11 is 0. The molecule has 0 radical (unpaired) electrons. The molecule has 23 heavy (non-hydrogen) atoms. The molecule has 0 heterocycles. The molecule has 2 aliphatic rings. The van der Waals surface area contributed by atoms with Crippen molar-refractivity contribution in [3.8, 4) is 0 Å². The Balaban J connectivity index is 1.69. The lowest BCUT2D eigenvalue weighted by molar-refractivity contribution is -0.143. The van der Waals surface area contributed by atoms with Crippen molar-refractivity contribution in [2.75, 3.05) is 6.54 Å². The maximum atomic E-state index is 13.8. The van der Waals surface area contributed by atoms with E-state index in [1.807, 2.05) is 0 Å². The highest BCUT2D eigenvalue weighted by Crippen LogP contribution is 2.50. The normalized spacial score (nSPS) is 24.1. The van der Waals surface area contributed by atoms with Crippen molar-refractivity contribution in [1.82, 2.24) is 4.90 Å². The zero-order valence-corrected chi connectivity index (χ0v) is 12.8. The molecule has 3 atom stereocenters. The average molecular weight is 323 g/mol. The van der Waals surface area contributed by atoms with Crippen LogP contribution < -0.4 is 0 Å². The molecule has 0 bridgehead atoms. The third kappa shape index (κ3) is 3.35. The van der Waals surface area contributed by atoms with Crippen molar-refractivity contribution in [3.63, 3.8) is 0 Å². The standard InChI is InChI=1S/C17H19F2NO3/c1-9(17(22)23)8-20(11-3-4-11)16(21)14-7-13(14)12-5-2-10(18)6-15(12)19/h2,5-6,9,11,13-14H,3-4,7-8H2,1H3,(H,22,23)/t9-,13-,14-/m1/s1. The van der Waals surface area contributed by atoms with Crippen molar-refractivity contribution < 1.29 is 23.5 Å². The Morgan fingerprint density at radius 1 is 1.35 bits per heavy atom. The molecular weight excluding hydrogens is 304 g/mol. The van der Waals surface area contributed by atoms with Gasteiger partial charge in [0.1, 0.15) is 11.6 Å². The van der Waals surface area contributed by atoms with Crippen molar-refractivity contribution >= 4 is 11.9 Å². The van der Waals surface area contributed by atoms with Crippen LogP contribution in [-0.2, 0) is 9.59 Å². The highest BCUT2D eigenvalue weighted by Gasteiger charge is 2.49. The van der Waals surface area contributed by atoms with E-state index in [9.17, 15) is 18.4 Å². The minimum atomic E-state index is -0.930. The fourth-order valence-corrected chi connectivity index (χ4v) is 3.01. The first-order valence-electron chi connectivity index (χ1n) is 7.86. The van der Waals surface area contributed by atoms with E-state index in [-0.39, 0.29) is 30.3 Å². The van der Waals surface area contributed by atoms with E-state index in [0.717, 1.165) is 18.9 Å². The van der Waals surface area contributed by atoms with Crippen molar-refractivity contribution in [3.05, 3.63) is 35.4 Å². The van der Waals surface area contributed by atoms with E-state index in [4.69, 9.17) is 5.11 Å². The topological polar surface area (TPSA) is 57.6 Å². The minimum Gasteiger partial charge on any atom is -0.481 e. The zero-order chi connectivity index (χ0) is 16.7. The largest absolute Gasteiger partial charge is 0.481 e. The van der Waals surface area contributed by atoms with Crippen molar-refractivity contribution in [2.45, 2.75) is 38.1 Å². The molecule has 1 aromatic rings. The van der Waals surface area contributed by atoms with Crippen LogP contribution in [0.25, 0.3) is 0 Å². The number of carbonyl (C=O) groups excluding carboxylic acids is 1. The molecular formula is C17H19F2NO3. The summed E-state index contributed by atoms with van der Waals surface area (Å²) in [6.45, 7) is 1.77. The van der Waals surface area contributed by atoms with Crippen LogP contribution in [0.1, 0.15) is 37.7 Å². The van der Waals surface area contributed by atoms with Crippen LogP contribution in [0.2, 0.25) is 0 Å².